The lowest BCUT2D eigenvalue weighted by Crippen LogP contribution is -2.48. The Kier molecular flexibility index (Phi) is 5.66. The van der Waals surface area contributed by atoms with Crippen molar-refractivity contribution in [3.05, 3.63) is 78.2 Å². The van der Waals surface area contributed by atoms with Crippen LogP contribution in [0.5, 0.6) is 0 Å². The number of carbonyl (C=O) groups excluding carboxylic acids is 1. The maximum absolute atomic E-state index is 12.5. The molecule has 2 aromatic heterocycles. The summed E-state index contributed by atoms with van der Waals surface area (Å²) in [6, 6.07) is 18.6. The number of likely N-dealkylation sites (N-methyl/N-ethyl adjacent to an activating group) is 1. The normalized spacial score (nSPS) is 15.2. The van der Waals surface area contributed by atoms with E-state index in [1.165, 1.54) is 6.26 Å². The minimum atomic E-state index is -3.25. The quantitative estimate of drug-likeness (QED) is 0.441. The van der Waals surface area contributed by atoms with Crippen molar-refractivity contribution in [3.63, 3.8) is 0 Å². The first-order chi connectivity index (χ1) is 16.3. The Hall–Kier alpha value is -3.56. The van der Waals surface area contributed by atoms with Crippen LogP contribution in [0.3, 0.4) is 0 Å². The van der Waals surface area contributed by atoms with Crippen molar-refractivity contribution in [3.8, 4) is 11.1 Å². The Morgan fingerprint density at radius 3 is 2.53 bits per heavy atom. The highest BCUT2D eigenvalue weighted by Crippen LogP contribution is 2.26. The van der Waals surface area contributed by atoms with Crippen molar-refractivity contribution in [1.29, 1.82) is 0 Å². The Bertz CT molecular complexity index is 1480. The zero-order valence-corrected chi connectivity index (χ0v) is 19.9. The molecule has 1 aliphatic heterocycles. The Morgan fingerprint density at radius 2 is 1.79 bits per heavy atom. The molecule has 0 atom stereocenters. The summed E-state index contributed by atoms with van der Waals surface area (Å²) < 4.78 is 25.3. The van der Waals surface area contributed by atoms with Gasteiger partial charge in [-0.1, -0.05) is 24.3 Å². The second kappa shape index (κ2) is 8.66. The Labute approximate surface area is 198 Å². The van der Waals surface area contributed by atoms with Crippen LogP contribution in [-0.2, 0) is 21.1 Å². The van der Waals surface area contributed by atoms with E-state index < -0.39 is 9.84 Å². The number of carbonyl (C=O) groups is 1. The number of aromatic nitrogens is 3. The van der Waals surface area contributed by atoms with Crippen LogP contribution in [0.4, 0.5) is 5.69 Å². The molecule has 0 unspecified atom stereocenters. The van der Waals surface area contributed by atoms with Crippen LogP contribution in [0.25, 0.3) is 16.8 Å². The second-order valence-corrected chi connectivity index (χ2v) is 10.7. The van der Waals surface area contributed by atoms with Gasteiger partial charge in [-0.3, -0.25) is 9.69 Å². The number of hydrogen-bond acceptors (Lipinski definition) is 6. The van der Waals surface area contributed by atoms with Gasteiger partial charge in [0.2, 0.25) is 5.91 Å². The summed E-state index contributed by atoms with van der Waals surface area (Å²) in [5.74, 6) is 0.769. The molecule has 0 aliphatic carbocycles. The topological polar surface area (TPSA) is 87.9 Å². The molecule has 4 aromatic rings. The van der Waals surface area contributed by atoms with Gasteiger partial charge in [0.25, 0.3) is 0 Å². The molecular weight excluding hydrogens is 450 g/mol. The summed E-state index contributed by atoms with van der Waals surface area (Å²) in [4.78, 5) is 21.4. The van der Waals surface area contributed by atoms with Crippen LogP contribution in [0.2, 0.25) is 0 Å². The molecule has 0 spiro atoms. The molecule has 1 saturated heterocycles. The predicted molar refractivity (Wildman–Crippen MR) is 131 cm³/mol. The third kappa shape index (κ3) is 4.44. The zero-order valence-electron chi connectivity index (χ0n) is 19.0. The van der Waals surface area contributed by atoms with E-state index in [9.17, 15) is 13.2 Å². The lowest BCUT2D eigenvalue weighted by Gasteiger charge is -2.32. The molecule has 2 aromatic carbocycles. The van der Waals surface area contributed by atoms with E-state index in [0.717, 1.165) is 28.9 Å². The van der Waals surface area contributed by atoms with E-state index in [0.29, 0.717) is 31.0 Å². The van der Waals surface area contributed by atoms with Crippen LogP contribution < -0.4 is 4.90 Å². The van der Waals surface area contributed by atoms with Gasteiger partial charge < -0.3 is 4.90 Å². The Balaban J connectivity index is 1.43. The highest BCUT2D eigenvalue weighted by atomic mass is 32.2. The molecule has 0 radical (unpaired) electrons. The zero-order chi connectivity index (χ0) is 23.9. The van der Waals surface area contributed by atoms with Gasteiger partial charge >= 0.3 is 0 Å². The van der Waals surface area contributed by atoms with Crippen LogP contribution in [0.1, 0.15) is 11.4 Å². The summed E-state index contributed by atoms with van der Waals surface area (Å²) in [5.41, 5.74) is 4.37. The molecular formula is C25H25N5O3S. The second-order valence-electron chi connectivity index (χ2n) is 8.64. The first-order valence-electron chi connectivity index (χ1n) is 11.0. The molecule has 34 heavy (non-hydrogen) atoms. The standard InChI is InChI=1S/C25H25N5O3S/c1-28-13-14-29(24(31)17-28)20-6-3-5-18(15-20)16-23-26-25-22(7-4-12-30(25)27-23)19-8-10-21(11-9-19)34(2,32)33/h3-12,15H,13-14,16-17H2,1-2H3. The maximum atomic E-state index is 12.5. The summed E-state index contributed by atoms with van der Waals surface area (Å²) in [6.07, 6.45) is 3.57. The fraction of sp³-hybridized carbons (Fsp3) is 0.240. The van der Waals surface area contributed by atoms with Gasteiger partial charge in [0, 0.05) is 43.2 Å². The predicted octanol–water partition coefficient (Wildman–Crippen LogP) is 2.67. The molecule has 3 heterocycles. The van der Waals surface area contributed by atoms with Crippen LogP contribution in [0, 0.1) is 0 Å². The van der Waals surface area contributed by atoms with E-state index in [2.05, 4.69) is 5.10 Å². The number of pyridine rings is 1. The summed E-state index contributed by atoms with van der Waals surface area (Å²) in [6.45, 7) is 1.94. The molecule has 8 nitrogen and oxygen atoms in total. The highest BCUT2D eigenvalue weighted by Gasteiger charge is 2.23. The molecule has 1 aliphatic rings. The summed E-state index contributed by atoms with van der Waals surface area (Å²) in [7, 11) is -1.30. The monoisotopic (exact) mass is 475 g/mol. The van der Waals surface area contributed by atoms with E-state index in [1.54, 1.807) is 28.8 Å². The van der Waals surface area contributed by atoms with Gasteiger partial charge in [-0.05, 0) is 54.6 Å². The smallest absolute Gasteiger partial charge is 0.241 e. The first-order valence-corrected chi connectivity index (χ1v) is 12.9. The SMILES string of the molecule is CN1CCN(c2cccc(Cc3nc4c(-c5ccc(S(C)(=O)=O)cc5)cccn4n3)c2)C(=O)C1. The molecule has 5 rings (SSSR count). The summed E-state index contributed by atoms with van der Waals surface area (Å²) >= 11 is 0. The molecule has 1 amide bonds. The highest BCUT2D eigenvalue weighted by molar-refractivity contribution is 7.90. The van der Waals surface area contributed by atoms with Gasteiger partial charge in [-0.25, -0.2) is 17.9 Å². The first kappa shape index (κ1) is 22.2. The number of sulfone groups is 1. The maximum Gasteiger partial charge on any atom is 0.241 e. The third-order valence-electron chi connectivity index (χ3n) is 6.00. The van der Waals surface area contributed by atoms with Crippen LogP contribution >= 0.6 is 0 Å². The number of benzene rings is 2. The fourth-order valence-electron chi connectivity index (χ4n) is 4.21. The number of amides is 1. The minimum Gasteiger partial charge on any atom is -0.310 e. The average molecular weight is 476 g/mol. The number of fused-ring (bicyclic) bond motifs is 1. The lowest BCUT2D eigenvalue weighted by atomic mass is 10.1. The van der Waals surface area contributed by atoms with Gasteiger partial charge in [-0.2, -0.15) is 5.10 Å². The molecule has 174 valence electrons. The molecule has 0 bridgehead atoms. The summed E-state index contributed by atoms with van der Waals surface area (Å²) in [5, 5.41) is 4.64. The van der Waals surface area contributed by atoms with Crippen molar-refractivity contribution >= 4 is 27.1 Å². The lowest BCUT2D eigenvalue weighted by molar-refractivity contribution is -0.120. The molecule has 1 fully saturated rings. The van der Waals surface area contributed by atoms with Gasteiger partial charge in [0.1, 0.15) is 0 Å². The van der Waals surface area contributed by atoms with Crippen molar-refractivity contribution in [2.75, 3.05) is 37.8 Å². The molecule has 9 heteroatoms. The van der Waals surface area contributed by atoms with Gasteiger partial charge in [0.05, 0.1) is 11.4 Å². The van der Waals surface area contributed by atoms with E-state index in [4.69, 9.17) is 4.98 Å². The number of nitrogens with zero attached hydrogens (tertiary/aromatic N) is 5. The van der Waals surface area contributed by atoms with Crippen molar-refractivity contribution < 1.29 is 13.2 Å². The minimum absolute atomic E-state index is 0.100. The molecule has 0 saturated carbocycles. The number of rotatable bonds is 5. The van der Waals surface area contributed by atoms with Crippen LogP contribution in [-0.4, -0.2) is 66.8 Å². The average Bonchev–Trinajstić information content (AvgIpc) is 3.21. The number of anilines is 1. The van der Waals surface area contributed by atoms with Crippen molar-refractivity contribution in [2.24, 2.45) is 0 Å². The fourth-order valence-corrected chi connectivity index (χ4v) is 4.84. The molecule has 0 N–H and O–H groups in total. The Morgan fingerprint density at radius 1 is 1.00 bits per heavy atom. The number of piperazine rings is 1. The van der Waals surface area contributed by atoms with Crippen molar-refractivity contribution in [1.82, 2.24) is 19.5 Å². The number of hydrogen-bond donors (Lipinski definition) is 0. The van der Waals surface area contributed by atoms with E-state index in [-0.39, 0.29) is 10.8 Å². The van der Waals surface area contributed by atoms with Gasteiger partial charge in [-0.15, -0.1) is 0 Å². The van der Waals surface area contributed by atoms with Crippen molar-refractivity contribution in [2.45, 2.75) is 11.3 Å². The third-order valence-corrected chi connectivity index (χ3v) is 7.12. The largest absolute Gasteiger partial charge is 0.310 e. The van der Waals surface area contributed by atoms with E-state index >= 15 is 0 Å². The van der Waals surface area contributed by atoms with E-state index in [1.807, 2.05) is 59.4 Å². The van der Waals surface area contributed by atoms with Gasteiger partial charge in [0.15, 0.2) is 21.3 Å². The van der Waals surface area contributed by atoms with Crippen LogP contribution in [0.15, 0.2) is 71.8 Å².